The summed E-state index contributed by atoms with van der Waals surface area (Å²) in [6.07, 6.45) is 0.410. The summed E-state index contributed by atoms with van der Waals surface area (Å²) in [4.78, 5) is 2.00. The van der Waals surface area contributed by atoms with E-state index in [1.807, 2.05) is 4.90 Å². The number of amidine groups is 1. The Bertz CT molecular complexity index is 457. The summed E-state index contributed by atoms with van der Waals surface area (Å²) in [6.45, 7) is 2.20. The van der Waals surface area contributed by atoms with Crippen LogP contribution < -0.4 is 5.73 Å². The number of benzene rings is 1. The number of hydrogen-bond acceptors (Lipinski definition) is 4. The van der Waals surface area contributed by atoms with E-state index in [9.17, 15) is 4.39 Å². The Morgan fingerprint density at radius 3 is 2.90 bits per heavy atom. The topological polar surface area (TPSA) is 71.1 Å². The van der Waals surface area contributed by atoms with E-state index < -0.39 is 5.82 Å². The summed E-state index contributed by atoms with van der Waals surface area (Å²) in [5.41, 5.74) is 6.15. The Kier molecular flexibility index (Phi) is 7.28. The maximum atomic E-state index is 13.4. The largest absolute Gasteiger partial charge is 0.409 e. The molecule has 0 bridgehead atoms. The number of nitrogens with zero attached hydrogens (tertiary/aromatic N) is 2. The van der Waals surface area contributed by atoms with Crippen molar-refractivity contribution in [3.63, 3.8) is 0 Å². The first-order chi connectivity index (χ1) is 9.58. The zero-order chi connectivity index (χ0) is 15.0. The van der Waals surface area contributed by atoms with Crippen LogP contribution in [0.25, 0.3) is 0 Å². The van der Waals surface area contributed by atoms with Gasteiger partial charge in [-0.25, -0.2) is 4.39 Å². The molecule has 0 saturated heterocycles. The minimum Gasteiger partial charge on any atom is -0.409 e. The van der Waals surface area contributed by atoms with E-state index in [0.29, 0.717) is 38.2 Å². The van der Waals surface area contributed by atoms with Gasteiger partial charge in [-0.05, 0) is 11.6 Å². The zero-order valence-electron chi connectivity index (χ0n) is 11.4. The standard InChI is InChI=1S/C13H19ClFN3O2/c1-20-8-7-18(6-5-12(16)17-19)9-10-3-2-4-11(15)13(10)14/h2-4,19H,5-9H2,1H3,(H2,16,17). The molecule has 0 radical (unpaired) electrons. The molecule has 1 rings (SSSR count). The maximum absolute atomic E-state index is 13.4. The first-order valence-electron chi connectivity index (χ1n) is 6.19. The van der Waals surface area contributed by atoms with Crippen molar-refractivity contribution in [2.75, 3.05) is 26.8 Å². The van der Waals surface area contributed by atoms with Crippen LogP contribution in [0.15, 0.2) is 23.4 Å². The SMILES string of the molecule is COCCN(CC/C(N)=N/O)Cc1cccc(F)c1Cl. The molecular formula is C13H19ClFN3O2. The molecule has 3 N–H and O–H groups in total. The molecule has 0 aliphatic heterocycles. The van der Waals surface area contributed by atoms with Crippen molar-refractivity contribution in [3.05, 3.63) is 34.6 Å². The number of rotatable bonds is 8. The molecular weight excluding hydrogens is 285 g/mol. The lowest BCUT2D eigenvalue weighted by Gasteiger charge is -2.22. The molecule has 0 unspecified atom stereocenters. The lowest BCUT2D eigenvalue weighted by atomic mass is 10.2. The average Bonchev–Trinajstić information content (AvgIpc) is 2.45. The molecule has 0 aromatic heterocycles. The molecule has 0 saturated carbocycles. The van der Waals surface area contributed by atoms with E-state index in [1.165, 1.54) is 6.07 Å². The fraction of sp³-hybridized carbons (Fsp3) is 0.462. The number of hydrogen-bond donors (Lipinski definition) is 2. The smallest absolute Gasteiger partial charge is 0.142 e. The maximum Gasteiger partial charge on any atom is 0.142 e. The number of nitrogens with two attached hydrogens (primary N) is 1. The van der Waals surface area contributed by atoms with Crippen LogP contribution >= 0.6 is 11.6 Å². The normalized spacial score (nSPS) is 12.1. The van der Waals surface area contributed by atoms with E-state index in [0.717, 1.165) is 0 Å². The molecule has 0 heterocycles. The van der Waals surface area contributed by atoms with Crippen molar-refractivity contribution >= 4 is 17.4 Å². The van der Waals surface area contributed by atoms with Crippen LogP contribution in [0.2, 0.25) is 5.02 Å². The molecule has 7 heteroatoms. The number of ether oxygens (including phenoxy) is 1. The molecule has 0 spiro atoms. The Labute approximate surface area is 122 Å². The van der Waals surface area contributed by atoms with Crippen molar-refractivity contribution in [3.8, 4) is 0 Å². The summed E-state index contributed by atoms with van der Waals surface area (Å²) in [5, 5.41) is 11.6. The van der Waals surface area contributed by atoms with Crippen molar-refractivity contribution in [2.24, 2.45) is 10.9 Å². The van der Waals surface area contributed by atoms with Gasteiger partial charge >= 0.3 is 0 Å². The van der Waals surface area contributed by atoms with Gasteiger partial charge in [0.15, 0.2) is 0 Å². The van der Waals surface area contributed by atoms with Gasteiger partial charge in [-0.3, -0.25) is 4.90 Å². The highest BCUT2D eigenvalue weighted by atomic mass is 35.5. The second kappa shape index (κ2) is 8.73. The van der Waals surface area contributed by atoms with Gasteiger partial charge in [-0.15, -0.1) is 0 Å². The van der Waals surface area contributed by atoms with Crippen LogP contribution in [0.3, 0.4) is 0 Å². The van der Waals surface area contributed by atoms with E-state index >= 15 is 0 Å². The summed E-state index contributed by atoms with van der Waals surface area (Å²) in [7, 11) is 1.61. The van der Waals surface area contributed by atoms with Crippen LogP contribution in [0.4, 0.5) is 4.39 Å². The molecule has 5 nitrogen and oxygen atoms in total. The summed E-state index contributed by atoms with van der Waals surface area (Å²) in [6, 6.07) is 4.71. The highest BCUT2D eigenvalue weighted by Gasteiger charge is 2.11. The number of halogens is 2. The molecule has 112 valence electrons. The van der Waals surface area contributed by atoms with E-state index in [2.05, 4.69) is 5.16 Å². The Balaban J connectivity index is 2.70. The molecule has 0 atom stereocenters. The second-order valence-electron chi connectivity index (χ2n) is 4.32. The fourth-order valence-corrected chi connectivity index (χ4v) is 1.91. The molecule has 20 heavy (non-hydrogen) atoms. The first-order valence-corrected chi connectivity index (χ1v) is 6.56. The van der Waals surface area contributed by atoms with Gasteiger partial charge < -0.3 is 15.7 Å². The van der Waals surface area contributed by atoms with Gasteiger partial charge in [-0.1, -0.05) is 28.9 Å². The molecule has 0 amide bonds. The third-order valence-corrected chi connectivity index (χ3v) is 3.27. The minimum absolute atomic E-state index is 0.124. The van der Waals surface area contributed by atoms with Crippen molar-refractivity contribution in [2.45, 2.75) is 13.0 Å². The van der Waals surface area contributed by atoms with Crippen molar-refractivity contribution in [1.82, 2.24) is 4.90 Å². The lowest BCUT2D eigenvalue weighted by molar-refractivity contribution is 0.145. The fourth-order valence-electron chi connectivity index (χ4n) is 1.72. The minimum atomic E-state index is -0.438. The quantitative estimate of drug-likeness (QED) is 0.334. The third-order valence-electron chi connectivity index (χ3n) is 2.85. The van der Waals surface area contributed by atoms with Crippen molar-refractivity contribution < 1.29 is 14.3 Å². The van der Waals surface area contributed by atoms with Crippen molar-refractivity contribution in [1.29, 1.82) is 0 Å². The molecule has 0 aliphatic rings. The Morgan fingerprint density at radius 2 is 2.25 bits per heavy atom. The molecule has 1 aromatic carbocycles. The Hall–Kier alpha value is -1.37. The van der Waals surface area contributed by atoms with Crippen LogP contribution in [0, 0.1) is 5.82 Å². The van der Waals surface area contributed by atoms with E-state index in [-0.39, 0.29) is 10.9 Å². The molecule has 1 aromatic rings. The zero-order valence-corrected chi connectivity index (χ0v) is 12.1. The van der Waals surface area contributed by atoms with E-state index in [1.54, 1.807) is 19.2 Å². The third kappa shape index (κ3) is 5.32. The van der Waals surface area contributed by atoms with Gasteiger partial charge in [0, 0.05) is 33.2 Å². The lowest BCUT2D eigenvalue weighted by Crippen LogP contribution is -2.31. The predicted molar refractivity (Wildman–Crippen MR) is 76.6 cm³/mol. The summed E-state index contributed by atoms with van der Waals surface area (Å²) in [5.74, 6) is -0.287. The predicted octanol–water partition coefficient (Wildman–Crippen LogP) is 2.06. The average molecular weight is 304 g/mol. The number of methoxy groups -OCH3 is 1. The van der Waals surface area contributed by atoms with Crippen LogP contribution in [0.5, 0.6) is 0 Å². The highest BCUT2D eigenvalue weighted by Crippen LogP contribution is 2.21. The van der Waals surface area contributed by atoms with E-state index in [4.69, 9.17) is 27.3 Å². The van der Waals surface area contributed by atoms with Gasteiger partial charge in [0.05, 0.1) is 11.6 Å². The number of oxime groups is 1. The summed E-state index contributed by atoms with van der Waals surface area (Å²) >= 11 is 5.94. The van der Waals surface area contributed by atoms with Gasteiger partial charge in [0.2, 0.25) is 0 Å². The second-order valence-corrected chi connectivity index (χ2v) is 4.70. The summed E-state index contributed by atoms with van der Waals surface area (Å²) < 4.78 is 18.4. The highest BCUT2D eigenvalue weighted by molar-refractivity contribution is 6.31. The van der Waals surface area contributed by atoms with Crippen LogP contribution in [0.1, 0.15) is 12.0 Å². The monoisotopic (exact) mass is 303 g/mol. The molecule has 0 aliphatic carbocycles. The van der Waals surface area contributed by atoms with Crippen LogP contribution in [-0.4, -0.2) is 42.7 Å². The van der Waals surface area contributed by atoms with Gasteiger partial charge in [-0.2, -0.15) is 0 Å². The van der Waals surface area contributed by atoms with Gasteiger partial charge in [0.25, 0.3) is 0 Å². The first kappa shape index (κ1) is 16.7. The molecule has 0 fully saturated rings. The Morgan fingerprint density at radius 1 is 1.50 bits per heavy atom. The van der Waals surface area contributed by atoms with Gasteiger partial charge in [0.1, 0.15) is 11.7 Å². The van der Waals surface area contributed by atoms with Crippen LogP contribution in [-0.2, 0) is 11.3 Å².